The summed E-state index contributed by atoms with van der Waals surface area (Å²) in [6, 6.07) is 8.56. The van der Waals surface area contributed by atoms with Crippen LogP contribution in [0, 0.1) is 0 Å². The van der Waals surface area contributed by atoms with Crippen molar-refractivity contribution in [2.45, 2.75) is 11.9 Å². The van der Waals surface area contributed by atoms with E-state index in [2.05, 4.69) is 9.98 Å². The minimum absolute atomic E-state index is 0.0388. The number of pyridine rings is 1. The van der Waals surface area contributed by atoms with E-state index in [1.165, 1.54) is 36.7 Å². The van der Waals surface area contributed by atoms with Crippen LogP contribution in [-0.4, -0.2) is 33.7 Å². The Balaban J connectivity index is 1.92. The molecule has 0 fully saturated rings. The van der Waals surface area contributed by atoms with Crippen LogP contribution in [0.15, 0.2) is 53.8 Å². The zero-order chi connectivity index (χ0) is 18.1. The van der Waals surface area contributed by atoms with Crippen molar-refractivity contribution in [3.63, 3.8) is 0 Å². The van der Waals surface area contributed by atoms with Gasteiger partial charge < -0.3 is 4.74 Å². The maximum absolute atomic E-state index is 13.6. The van der Waals surface area contributed by atoms with Gasteiger partial charge in [-0.05, 0) is 36.4 Å². The molecule has 0 radical (unpaired) electrons. The lowest BCUT2D eigenvalue weighted by Crippen LogP contribution is -2.48. The molecule has 1 aliphatic heterocycles. The molecule has 1 atom stereocenters. The van der Waals surface area contributed by atoms with Crippen LogP contribution in [0.5, 0.6) is 0 Å². The Kier molecular flexibility index (Phi) is 4.75. The molecule has 4 nitrogen and oxygen atoms in total. The number of hydrogen-bond donors (Lipinski definition) is 0. The Morgan fingerprint density at radius 3 is 2.56 bits per heavy atom. The number of hydrogen-bond acceptors (Lipinski definition) is 5. The van der Waals surface area contributed by atoms with Crippen LogP contribution in [0.2, 0.25) is 5.02 Å². The van der Waals surface area contributed by atoms with E-state index in [0.29, 0.717) is 10.6 Å². The zero-order valence-electron chi connectivity index (χ0n) is 12.5. The van der Waals surface area contributed by atoms with E-state index in [0.717, 1.165) is 11.8 Å². The summed E-state index contributed by atoms with van der Waals surface area (Å²) in [7, 11) is 0. The maximum atomic E-state index is 13.6. The lowest BCUT2D eigenvalue weighted by atomic mass is 10.2. The Labute approximate surface area is 150 Å². The van der Waals surface area contributed by atoms with E-state index in [4.69, 9.17) is 16.3 Å². The highest BCUT2D eigenvalue weighted by atomic mass is 35.5. The lowest BCUT2D eigenvalue weighted by Gasteiger charge is -2.27. The fourth-order valence-corrected chi connectivity index (χ4v) is 3.33. The third-order valence-electron chi connectivity index (χ3n) is 3.38. The summed E-state index contributed by atoms with van der Waals surface area (Å²) >= 11 is 6.57. The molecule has 1 aliphatic rings. The monoisotopic (exact) mass is 386 g/mol. The summed E-state index contributed by atoms with van der Waals surface area (Å²) in [4.78, 5) is 19.7. The average molecular weight is 387 g/mol. The fourth-order valence-electron chi connectivity index (χ4n) is 2.09. The van der Waals surface area contributed by atoms with Crippen molar-refractivity contribution >= 4 is 34.4 Å². The first kappa shape index (κ1) is 17.8. The third-order valence-corrected chi connectivity index (χ3v) is 4.77. The molecule has 3 rings (SSSR count). The Morgan fingerprint density at radius 2 is 1.96 bits per heavy atom. The number of esters is 1. The summed E-state index contributed by atoms with van der Waals surface area (Å²) in [5.74, 6) is -1.68. The van der Waals surface area contributed by atoms with E-state index in [-0.39, 0.29) is 10.6 Å². The topological polar surface area (TPSA) is 51.5 Å². The van der Waals surface area contributed by atoms with Gasteiger partial charge in [0.2, 0.25) is 0 Å². The molecule has 9 heteroatoms. The number of rotatable bonds is 3. The molecule has 1 unspecified atom stereocenters. The highest BCUT2D eigenvalue weighted by Gasteiger charge is 2.61. The molecule has 2 heterocycles. The Hall–Kier alpha value is -2.06. The van der Waals surface area contributed by atoms with Gasteiger partial charge in [0.1, 0.15) is 5.04 Å². The van der Waals surface area contributed by atoms with Crippen LogP contribution < -0.4 is 0 Å². The van der Waals surface area contributed by atoms with Crippen LogP contribution in [0.1, 0.15) is 15.9 Å². The number of aliphatic imine (C=N–C) groups is 1. The van der Waals surface area contributed by atoms with E-state index < -0.39 is 23.6 Å². The first-order chi connectivity index (χ1) is 11.8. The first-order valence-corrected chi connectivity index (χ1v) is 8.36. The quantitative estimate of drug-likeness (QED) is 0.736. The third kappa shape index (κ3) is 3.64. The van der Waals surface area contributed by atoms with Gasteiger partial charge in [0.25, 0.3) is 0 Å². The average Bonchev–Trinajstić information content (AvgIpc) is 3.01. The van der Waals surface area contributed by atoms with Crippen molar-refractivity contribution in [1.29, 1.82) is 0 Å². The molecule has 0 saturated heterocycles. The highest BCUT2D eigenvalue weighted by Crippen LogP contribution is 2.44. The second kappa shape index (κ2) is 6.68. The standard InChI is InChI=1S/C16H10ClF3N2O2S/c17-12-5-3-10(4-6-12)14(23)24-15(16(18,19)20)9-25-13(22-15)11-2-1-7-21-8-11/h1-8H,9H2. The van der Waals surface area contributed by atoms with Crippen LogP contribution >= 0.6 is 23.4 Å². The molecule has 0 saturated carbocycles. The fraction of sp³-hybridized carbons (Fsp3) is 0.188. The number of halogens is 4. The number of alkyl halides is 3. The van der Waals surface area contributed by atoms with Gasteiger partial charge >= 0.3 is 17.9 Å². The van der Waals surface area contributed by atoms with Crippen LogP contribution in [0.25, 0.3) is 0 Å². The lowest BCUT2D eigenvalue weighted by molar-refractivity contribution is -0.245. The SMILES string of the molecule is O=C(OC1(C(F)(F)F)CSC(c2cccnc2)=N1)c1ccc(Cl)cc1. The van der Waals surface area contributed by atoms with Crippen molar-refractivity contribution < 1.29 is 22.7 Å². The van der Waals surface area contributed by atoms with Crippen molar-refractivity contribution in [3.8, 4) is 0 Å². The molecular weight excluding hydrogens is 377 g/mol. The van der Waals surface area contributed by atoms with Crippen molar-refractivity contribution in [3.05, 3.63) is 64.9 Å². The number of carbonyl (C=O) groups excluding carboxylic acids is 1. The molecule has 0 amide bonds. The highest BCUT2D eigenvalue weighted by molar-refractivity contribution is 8.14. The minimum atomic E-state index is -4.86. The number of ether oxygens (including phenoxy) is 1. The van der Waals surface area contributed by atoms with E-state index >= 15 is 0 Å². The van der Waals surface area contributed by atoms with Gasteiger partial charge in [-0.25, -0.2) is 9.79 Å². The predicted molar refractivity (Wildman–Crippen MR) is 88.9 cm³/mol. The van der Waals surface area contributed by atoms with Gasteiger partial charge in [-0.15, -0.1) is 0 Å². The smallest absolute Gasteiger partial charge is 0.422 e. The van der Waals surface area contributed by atoms with E-state index in [9.17, 15) is 18.0 Å². The number of carbonyl (C=O) groups is 1. The van der Waals surface area contributed by atoms with Gasteiger partial charge in [-0.3, -0.25) is 4.98 Å². The van der Waals surface area contributed by atoms with Gasteiger partial charge in [0, 0.05) is 23.0 Å². The summed E-state index contributed by atoms with van der Waals surface area (Å²) in [6.07, 6.45) is -1.95. The van der Waals surface area contributed by atoms with Crippen LogP contribution in [0.3, 0.4) is 0 Å². The predicted octanol–water partition coefficient (Wildman–Crippen LogP) is 4.34. The Morgan fingerprint density at radius 1 is 1.24 bits per heavy atom. The van der Waals surface area contributed by atoms with Gasteiger partial charge in [0.15, 0.2) is 0 Å². The number of aromatic nitrogens is 1. The van der Waals surface area contributed by atoms with Crippen LogP contribution in [0.4, 0.5) is 13.2 Å². The van der Waals surface area contributed by atoms with E-state index in [1.807, 2.05) is 0 Å². The molecule has 0 bridgehead atoms. The second-order valence-electron chi connectivity index (χ2n) is 5.13. The molecule has 2 aromatic rings. The molecule has 0 aliphatic carbocycles. The molecule has 0 spiro atoms. The van der Waals surface area contributed by atoms with Gasteiger partial charge in [0.05, 0.1) is 11.3 Å². The Bertz CT molecular complexity index is 812. The maximum Gasteiger partial charge on any atom is 0.451 e. The summed E-state index contributed by atoms with van der Waals surface area (Å²) in [6.45, 7) is 0. The van der Waals surface area contributed by atoms with Crippen LogP contribution in [-0.2, 0) is 4.74 Å². The number of benzene rings is 1. The second-order valence-corrected chi connectivity index (χ2v) is 6.53. The molecule has 130 valence electrons. The normalized spacial score (nSPS) is 20.2. The zero-order valence-corrected chi connectivity index (χ0v) is 14.0. The number of nitrogens with zero attached hydrogens (tertiary/aromatic N) is 2. The van der Waals surface area contributed by atoms with Gasteiger partial charge in [-0.2, -0.15) is 13.2 Å². The van der Waals surface area contributed by atoms with Gasteiger partial charge in [-0.1, -0.05) is 23.4 Å². The van der Waals surface area contributed by atoms with E-state index in [1.54, 1.807) is 12.1 Å². The first-order valence-electron chi connectivity index (χ1n) is 6.99. The molecular formula is C16H10ClF3N2O2S. The summed E-state index contributed by atoms with van der Waals surface area (Å²) < 4.78 is 45.6. The molecule has 1 aromatic carbocycles. The summed E-state index contributed by atoms with van der Waals surface area (Å²) in [5.41, 5.74) is -2.54. The van der Waals surface area contributed by atoms with Crippen molar-refractivity contribution in [2.75, 3.05) is 5.75 Å². The number of thioether (sulfide) groups is 1. The molecule has 1 aromatic heterocycles. The molecule has 25 heavy (non-hydrogen) atoms. The van der Waals surface area contributed by atoms with Crippen molar-refractivity contribution in [2.24, 2.45) is 4.99 Å². The summed E-state index contributed by atoms with van der Waals surface area (Å²) in [5, 5.41) is 0.477. The minimum Gasteiger partial charge on any atom is -0.422 e. The molecule has 0 N–H and O–H groups in total. The largest absolute Gasteiger partial charge is 0.451 e. The van der Waals surface area contributed by atoms with Crippen molar-refractivity contribution in [1.82, 2.24) is 4.98 Å².